The summed E-state index contributed by atoms with van der Waals surface area (Å²) in [5, 5.41) is 0. The van der Waals surface area contributed by atoms with E-state index in [1.165, 1.54) is 0 Å². The Morgan fingerprint density at radius 3 is 1.16 bits per heavy atom. The van der Waals surface area contributed by atoms with Crippen molar-refractivity contribution < 1.29 is 88.9 Å². The van der Waals surface area contributed by atoms with E-state index in [1.807, 2.05) is 0 Å². The lowest BCUT2D eigenvalue weighted by molar-refractivity contribution is -0.477. The monoisotopic (exact) mass is 522 g/mol. The topological polar surface area (TPSA) is 35.5 Å². The van der Waals surface area contributed by atoms with Crippen LogP contribution in [0.4, 0.5) is 74.6 Å². The highest BCUT2D eigenvalue weighted by Gasteiger charge is 2.95. The molecule has 0 amide bonds. The van der Waals surface area contributed by atoms with Gasteiger partial charge >= 0.3 is 53.8 Å². The first-order valence-corrected chi connectivity index (χ1v) is 7.15. The number of ether oxygens (including phenoxy) is 2. The van der Waals surface area contributed by atoms with Crippen LogP contribution in [0, 0.1) is 0 Å². The molecule has 0 fully saturated rings. The second kappa shape index (κ2) is 8.23. The van der Waals surface area contributed by atoms with E-state index in [1.54, 1.807) is 0 Å². The molecule has 0 aliphatic carbocycles. The van der Waals surface area contributed by atoms with Gasteiger partial charge in [-0.15, -0.1) is 0 Å². The summed E-state index contributed by atoms with van der Waals surface area (Å²) >= 11 is 0. The maximum atomic E-state index is 13.3. The first kappa shape index (κ1) is 30.2. The lowest BCUT2D eigenvalue weighted by Gasteiger charge is -2.42. The van der Waals surface area contributed by atoms with E-state index in [2.05, 4.69) is 9.47 Å². The second-order valence-corrected chi connectivity index (χ2v) is 5.65. The first-order chi connectivity index (χ1) is 13.7. The molecule has 0 aromatic carbocycles. The smallest absolute Gasteiger partial charge is 0.460 e. The molecule has 0 heterocycles. The van der Waals surface area contributed by atoms with E-state index in [4.69, 9.17) is 0 Å². The zero-order chi connectivity index (χ0) is 26.4. The molecule has 192 valence electrons. The van der Waals surface area contributed by atoms with Crippen LogP contribution >= 0.6 is 0 Å². The first-order valence-electron chi connectivity index (χ1n) is 7.15. The molecule has 0 aromatic heterocycles. The van der Waals surface area contributed by atoms with Crippen molar-refractivity contribution in [1.82, 2.24) is 0 Å². The second-order valence-electron chi connectivity index (χ2n) is 5.65. The molecule has 0 aromatic rings. The highest BCUT2D eigenvalue weighted by Crippen LogP contribution is 2.63. The van der Waals surface area contributed by atoms with Gasteiger partial charge in [0.25, 0.3) is 0 Å². The van der Waals surface area contributed by atoms with Gasteiger partial charge in [-0.3, -0.25) is 4.79 Å². The van der Waals surface area contributed by atoms with Gasteiger partial charge in [0, 0.05) is 6.92 Å². The zero-order valence-corrected chi connectivity index (χ0v) is 14.6. The largest absolute Gasteiger partial charge is 0.463 e. The van der Waals surface area contributed by atoms with E-state index in [0.29, 0.717) is 6.92 Å². The van der Waals surface area contributed by atoms with Gasteiger partial charge in [0.2, 0.25) is 0 Å². The fourth-order valence-corrected chi connectivity index (χ4v) is 1.60. The van der Waals surface area contributed by atoms with Gasteiger partial charge in [-0.25, -0.2) is 0 Å². The van der Waals surface area contributed by atoms with Gasteiger partial charge in [-0.1, -0.05) is 0 Å². The van der Waals surface area contributed by atoms with Crippen LogP contribution in [0.15, 0.2) is 0 Å². The molecule has 20 heteroatoms. The highest BCUT2D eigenvalue weighted by molar-refractivity contribution is 5.65. The van der Waals surface area contributed by atoms with E-state index < -0.39 is 67.0 Å². The number of esters is 1. The van der Waals surface area contributed by atoms with Crippen LogP contribution in [0.25, 0.3) is 0 Å². The lowest BCUT2D eigenvalue weighted by Crippen LogP contribution is -2.74. The molecule has 3 nitrogen and oxygen atoms in total. The molecular formula is C12H7F17O3. The standard InChI is InChI=1S/C12H7F17O3/c1-4(30)31-2-3-32-12(28,29)10(23,24)8(19,20)6(15,16)5(13,14)7(17,18)9(21,22)11(25,26)27/h2-3H2,1H3. The summed E-state index contributed by atoms with van der Waals surface area (Å²) in [6, 6.07) is 0. The van der Waals surface area contributed by atoms with Crippen molar-refractivity contribution in [2.75, 3.05) is 13.2 Å². The summed E-state index contributed by atoms with van der Waals surface area (Å²) in [5.41, 5.74) is 0. The van der Waals surface area contributed by atoms with Crippen LogP contribution < -0.4 is 0 Å². The molecule has 0 rings (SSSR count). The Morgan fingerprint density at radius 2 is 0.844 bits per heavy atom. The van der Waals surface area contributed by atoms with Gasteiger partial charge < -0.3 is 9.47 Å². The van der Waals surface area contributed by atoms with Crippen LogP contribution in [-0.2, 0) is 14.3 Å². The number of rotatable bonds is 10. The minimum atomic E-state index is -8.69. The molecule has 0 aliphatic heterocycles. The molecule has 0 spiro atoms. The fraction of sp³-hybridized carbons (Fsp3) is 0.917. The van der Waals surface area contributed by atoms with Gasteiger partial charge in [-0.2, -0.15) is 74.6 Å². The highest BCUT2D eigenvalue weighted by atomic mass is 19.4. The van der Waals surface area contributed by atoms with Gasteiger partial charge in [0.1, 0.15) is 6.61 Å². The number of carbonyl (C=O) groups excluding carboxylic acids is 1. The molecular weight excluding hydrogens is 515 g/mol. The normalized spacial score (nSPS) is 15.7. The number of carbonyl (C=O) groups is 1. The van der Waals surface area contributed by atoms with Gasteiger partial charge in [-0.05, 0) is 0 Å². The minimum Gasteiger partial charge on any atom is -0.463 e. The summed E-state index contributed by atoms with van der Waals surface area (Å²) in [7, 11) is 0. The van der Waals surface area contributed by atoms with Gasteiger partial charge in [0.15, 0.2) is 0 Å². The maximum Gasteiger partial charge on any atom is 0.460 e. The lowest BCUT2D eigenvalue weighted by atomic mass is 9.90. The van der Waals surface area contributed by atoms with Crippen LogP contribution in [0.1, 0.15) is 6.92 Å². The predicted octanol–water partition coefficient (Wildman–Crippen LogP) is 5.53. The molecule has 0 saturated carbocycles. The average Bonchev–Trinajstić information content (AvgIpc) is 2.56. The van der Waals surface area contributed by atoms with Crippen molar-refractivity contribution in [3.8, 4) is 0 Å². The quantitative estimate of drug-likeness (QED) is 0.215. The molecule has 0 unspecified atom stereocenters. The summed E-state index contributed by atoms with van der Waals surface area (Å²) in [4.78, 5) is 10.3. The number of hydrogen-bond donors (Lipinski definition) is 0. The Bertz CT molecular complexity index is 681. The van der Waals surface area contributed by atoms with E-state index >= 15 is 0 Å². The zero-order valence-electron chi connectivity index (χ0n) is 14.6. The number of hydrogen-bond acceptors (Lipinski definition) is 3. The fourth-order valence-electron chi connectivity index (χ4n) is 1.60. The third-order valence-electron chi connectivity index (χ3n) is 3.37. The predicted molar refractivity (Wildman–Crippen MR) is 63.3 cm³/mol. The van der Waals surface area contributed by atoms with E-state index in [0.717, 1.165) is 0 Å². The van der Waals surface area contributed by atoms with Crippen molar-refractivity contribution in [1.29, 1.82) is 0 Å². The molecule has 0 bridgehead atoms. The number of alkyl halides is 17. The van der Waals surface area contributed by atoms with Crippen LogP contribution in [0.2, 0.25) is 0 Å². The molecule has 0 aliphatic rings. The Hall–Kier alpha value is -1.76. The van der Waals surface area contributed by atoms with Crippen LogP contribution in [-0.4, -0.2) is 67.0 Å². The average molecular weight is 522 g/mol. The molecule has 32 heavy (non-hydrogen) atoms. The third kappa shape index (κ3) is 4.37. The molecule has 0 N–H and O–H groups in total. The van der Waals surface area contributed by atoms with Crippen molar-refractivity contribution >= 4 is 5.97 Å². The van der Waals surface area contributed by atoms with Crippen molar-refractivity contribution in [2.24, 2.45) is 0 Å². The maximum absolute atomic E-state index is 13.3. The Morgan fingerprint density at radius 1 is 0.531 bits per heavy atom. The SMILES string of the molecule is CC(=O)OCCOC(F)(F)C(F)(F)C(F)(F)C(F)(F)C(F)(F)C(F)(F)C(F)(F)C(F)(F)F. The van der Waals surface area contributed by atoms with Gasteiger partial charge in [0.05, 0.1) is 6.61 Å². The van der Waals surface area contributed by atoms with Crippen molar-refractivity contribution in [3.05, 3.63) is 0 Å². The summed E-state index contributed by atoms with van der Waals surface area (Å²) in [6.07, 6.45) is -14.8. The van der Waals surface area contributed by atoms with Crippen LogP contribution in [0.3, 0.4) is 0 Å². The molecule has 0 saturated heterocycles. The number of halogens is 17. The Balaban J connectivity index is 6.33. The van der Waals surface area contributed by atoms with Crippen molar-refractivity contribution in [3.63, 3.8) is 0 Å². The molecule has 0 atom stereocenters. The summed E-state index contributed by atoms with van der Waals surface area (Å²) in [6.45, 7) is -2.88. The van der Waals surface area contributed by atoms with E-state index in [-0.39, 0.29) is 0 Å². The minimum absolute atomic E-state index is 0.584. The van der Waals surface area contributed by atoms with E-state index in [9.17, 15) is 79.4 Å². The Kier molecular flexibility index (Phi) is 7.77. The third-order valence-corrected chi connectivity index (χ3v) is 3.37. The molecule has 0 radical (unpaired) electrons. The summed E-state index contributed by atoms with van der Waals surface area (Å²) < 4.78 is 226. The Labute approximate surface area is 164 Å². The summed E-state index contributed by atoms with van der Waals surface area (Å²) in [5.74, 6) is -51.8. The van der Waals surface area contributed by atoms with Crippen LogP contribution in [0.5, 0.6) is 0 Å². The van der Waals surface area contributed by atoms with Crippen molar-refractivity contribution in [2.45, 2.75) is 54.7 Å².